The third kappa shape index (κ3) is 5.17. The van der Waals surface area contributed by atoms with Gasteiger partial charge in [0, 0.05) is 25.2 Å². The molecular weight excluding hydrogens is 402 g/mol. The Hall–Kier alpha value is -2.36. The summed E-state index contributed by atoms with van der Waals surface area (Å²) in [5.74, 6) is -2.25. The second-order valence-electron chi connectivity index (χ2n) is 6.79. The molecule has 2 aromatic rings. The molecule has 0 unspecified atom stereocenters. The fourth-order valence-electron chi connectivity index (χ4n) is 3.06. The highest BCUT2D eigenvalue weighted by atomic mass is 32.2. The number of hydrogen-bond acceptors (Lipinski definition) is 4. The number of sulfonamides is 1. The van der Waals surface area contributed by atoms with Crippen LogP contribution in [0.5, 0.6) is 0 Å². The maximum atomic E-state index is 13.3. The Labute approximate surface area is 168 Å². The second kappa shape index (κ2) is 8.98. The fourth-order valence-corrected chi connectivity index (χ4v) is 4.72. The van der Waals surface area contributed by atoms with Crippen LogP contribution in [0.2, 0.25) is 0 Å². The van der Waals surface area contributed by atoms with E-state index in [0.717, 1.165) is 12.1 Å². The lowest BCUT2D eigenvalue weighted by molar-refractivity contribution is -0.116. The summed E-state index contributed by atoms with van der Waals surface area (Å²) in [6.45, 7) is 2.96. The minimum atomic E-state index is -3.69. The van der Waals surface area contributed by atoms with Crippen LogP contribution in [0.15, 0.2) is 41.3 Å². The van der Waals surface area contributed by atoms with Crippen molar-refractivity contribution in [2.75, 3.05) is 31.6 Å². The van der Waals surface area contributed by atoms with Crippen molar-refractivity contribution in [3.63, 3.8) is 0 Å². The summed E-state index contributed by atoms with van der Waals surface area (Å²) in [6.07, 6.45) is 0.276. The van der Waals surface area contributed by atoms with E-state index >= 15 is 0 Å². The number of benzene rings is 2. The van der Waals surface area contributed by atoms with Crippen LogP contribution in [-0.4, -0.2) is 44.9 Å². The van der Waals surface area contributed by atoms with E-state index in [2.05, 4.69) is 5.32 Å². The quantitative estimate of drug-likeness (QED) is 0.774. The molecule has 0 aliphatic carbocycles. The number of morpholine rings is 1. The lowest BCUT2D eigenvalue weighted by Crippen LogP contribution is -2.40. The highest BCUT2D eigenvalue weighted by Crippen LogP contribution is 2.24. The smallest absolute Gasteiger partial charge is 0.243 e. The predicted molar refractivity (Wildman–Crippen MR) is 104 cm³/mol. The molecule has 1 N–H and O–H groups in total. The van der Waals surface area contributed by atoms with Crippen molar-refractivity contribution in [3.8, 4) is 0 Å². The van der Waals surface area contributed by atoms with Gasteiger partial charge in [-0.15, -0.1) is 0 Å². The Morgan fingerprint density at radius 2 is 1.83 bits per heavy atom. The zero-order valence-corrected chi connectivity index (χ0v) is 16.8. The largest absolute Gasteiger partial charge is 0.379 e. The third-order valence-corrected chi connectivity index (χ3v) is 6.73. The van der Waals surface area contributed by atoms with Gasteiger partial charge in [0.2, 0.25) is 15.9 Å². The molecule has 0 spiro atoms. The van der Waals surface area contributed by atoms with Crippen molar-refractivity contribution in [1.29, 1.82) is 0 Å². The minimum absolute atomic E-state index is 0.0461. The summed E-state index contributed by atoms with van der Waals surface area (Å²) in [4.78, 5) is 12.4. The summed E-state index contributed by atoms with van der Waals surface area (Å²) in [5, 5.41) is 2.67. The van der Waals surface area contributed by atoms with E-state index in [9.17, 15) is 22.0 Å². The molecule has 1 aliphatic rings. The average molecular weight is 424 g/mol. The lowest BCUT2D eigenvalue weighted by atomic mass is 10.1. The van der Waals surface area contributed by atoms with Crippen LogP contribution in [0.1, 0.15) is 17.5 Å². The number of ether oxygens (including phenoxy) is 1. The van der Waals surface area contributed by atoms with E-state index in [-0.39, 0.29) is 36.7 Å². The van der Waals surface area contributed by atoms with E-state index in [1.807, 2.05) is 0 Å². The average Bonchev–Trinajstić information content (AvgIpc) is 2.71. The molecule has 29 heavy (non-hydrogen) atoms. The van der Waals surface area contributed by atoms with Gasteiger partial charge in [0.25, 0.3) is 0 Å². The molecule has 6 nitrogen and oxygen atoms in total. The first-order chi connectivity index (χ1) is 13.8. The number of nitrogens with one attached hydrogen (secondary N) is 1. The van der Waals surface area contributed by atoms with Crippen LogP contribution in [0.25, 0.3) is 0 Å². The monoisotopic (exact) mass is 424 g/mol. The van der Waals surface area contributed by atoms with Gasteiger partial charge in [-0.05, 0) is 48.7 Å². The maximum Gasteiger partial charge on any atom is 0.243 e. The third-order valence-electron chi connectivity index (χ3n) is 4.68. The summed E-state index contributed by atoms with van der Waals surface area (Å²) in [5.41, 5.74) is 1.44. The number of rotatable bonds is 6. The molecule has 9 heteroatoms. The normalized spacial score (nSPS) is 15.3. The van der Waals surface area contributed by atoms with Crippen LogP contribution >= 0.6 is 0 Å². The van der Waals surface area contributed by atoms with E-state index < -0.39 is 21.7 Å². The van der Waals surface area contributed by atoms with Crippen molar-refractivity contribution in [3.05, 3.63) is 59.2 Å². The highest BCUT2D eigenvalue weighted by molar-refractivity contribution is 7.89. The van der Waals surface area contributed by atoms with Crippen molar-refractivity contribution >= 4 is 21.6 Å². The molecule has 0 atom stereocenters. The number of carbonyl (C=O) groups is 1. The molecule has 1 saturated heterocycles. The van der Waals surface area contributed by atoms with Gasteiger partial charge in [0.05, 0.1) is 18.1 Å². The van der Waals surface area contributed by atoms with Gasteiger partial charge in [0.1, 0.15) is 0 Å². The molecule has 1 fully saturated rings. The molecule has 0 aromatic heterocycles. The Morgan fingerprint density at radius 3 is 2.52 bits per heavy atom. The van der Waals surface area contributed by atoms with Gasteiger partial charge < -0.3 is 10.1 Å². The van der Waals surface area contributed by atoms with E-state index in [4.69, 9.17) is 4.74 Å². The number of hydrogen-bond donors (Lipinski definition) is 1. The number of carbonyl (C=O) groups excluding carboxylic acids is 1. The van der Waals surface area contributed by atoms with E-state index in [0.29, 0.717) is 30.0 Å². The van der Waals surface area contributed by atoms with Crippen molar-refractivity contribution in [1.82, 2.24) is 4.31 Å². The van der Waals surface area contributed by atoms with Crippen LogP contribution in [0, 0.1) is 18.6 Å². The summed E-state index contributed by atoms with van der Waals surface area (Å²) >= 11 is 0. The van der Waals surface area contributed by atoms with Crippen LogP contribution in [0.4, 0.5) is 14.5 Å². The lowest BCUT2D eigenvalue weighted by Gasteiger charge is -2.26. The van der Waals surface area contributed by atoms with Gasteiger partial charge in [-0.1, -0.05) is 12.1 Å². The number of aryl methyl sites for hydroxylation is 2. The zero-order chi connectivity index (χ0) is 21.0. The van der Waals surface area contributed by atoms with Crippen molar-refractivity contribution < 1.29 is 26.7 Å². The Bertz CT molecular complexity index is 1010. The molecule has 0 radical (unpaired) electrons. The maximum absolute atomic E-state index is 13.3. The molecule has 1 aliphatic heterocycles. The topological polar surface area (TPSA) is 75.7 Å². The van der Waals surface area contributed by atoms with Gasteiger partial charge in [-0.3, -0.25) is 4.79 Å². The predicted octanol–water partition coefficient (Wildman–Crippen LogP) is 2.87. The molecule has 2 aromatic carbocycles. The molecule has 3 rings (SSSR count). The first kappa shape index (κ1) is 21.4. The molecule has 1 heterocycles. The molecule has 1 amide bonds. The van der Waals surface area contributed by atoms with Crippen LogP contribution in [0.3, 0.4) is 0 Å². The number of halogens is 2. The molecule has 0 saturated carbocycles. The van der Waals surface area contributed by atoms with E-state index in [1.54, 1.807) is 19.1 Å². The second-order valence-corrected chi connectivity index (χ2v) is 8.70. The molecule has 156 valence electrons. The minimum Gasteiger partial charge on any atom is -0.379 e. The Morgan fingerprint density at radius 1 is 1.10 bits per heavy atom. The SMILES string of the molecule is Cc1ccc(NC(=O)CCc2ccc(F)c(F)c2)cc1S(=O)(=O)N1CCOCC1. The number of amides is 1. The number of nitrogens with zero attached hydrogens (tertiary/aromatic N) is 1. The molecule has 0 bridgehead atoms. The van der Waals surface area contributed by atoms with Crippen LogP contribution < -0.4 is 5.32 Å². The molecular formula is C20H22F2N2O4S. The van der Waals surface area contributed by atoms with Gasteiger partial charge in [-0.2, -0.15) is 4.31 Å². The summed E-state index contributed by atoms with van der Waals surface area (Å²) in [7, 11) is -3.69. The van der Waals surface area contributed by atoms with Gasteiger partial charge in [0.15, 0.2) is 11.6 Å². The Balaban J connectivity index is 1.68. The summed E-state index contributed by atoms with van der Waals surface area (Å²) < 4.78 is 58.6. The zero-order valence-electron chi connectivity index (χ0n) is 16.0. The Kier molecular flexibility index (Phi) is 6.61. The van der Waals surface area contributed by atoms with Gasteiger partial charge in [-0.25, -0.2) is 17.2 Å². The first-order valence-electron chi connectivity index (χ1n) is 9.20. The standard InChI is InChI=1S/C20H22F2N2O4S/c1-14-2-5-16(13-19(14)29(26,27)24-8-10-28-11-9-24)23-20(25)7-4-15-3-6-17(21)18(22)12-15/h2-3,5-6,12-13H,4,7-11H2,1H3,(H,23,25). The van der Waals surface area contributed by atoms with Gasteiger partial charge >= 0.3 is 0 Å². The number of anilines is 1. The van der Waals surface area contributed by atoms with E-state index in [1.165, 1.54) is 16.4 Å². The summed E-state index contributed by atoms with van der Waals surface area (Å²) in [6, 6.07) is 8.20. The van der Waals surface area contributed by atoms with Crippen molar-refractivity contribution in [2.24, 2.45) is 0 Å². The fraction of sp³-hybridized carbons (Fsp3) is 0.350. The highest BCUT2D eigenvalue weighted by Gasteiger charge is 2.28. The van der Waals surface area contributed by atoms with Crippen molar-refractivity contribution in [2.45, 2.75) is 24.7 Å². The van der Waals surface area contributed by atoms with Crippen LogP contribution in [-0.2, 0) is 26.0 Å². The first-order valence-corrected chi connectivity index (χ1v) is 10.6.